The summed E-state index contributed by atoms with van der Waals surface area (Å²) in [5.74, 6) is 0. The third kappa shape index (κ3) is 20.2. The molecule has 6 heteroatoms. The molecule has 0 aliphatic heterocycles. The Bertz CT molecular complexity index is 589. The molecule has 0 fully saturated rings. The monoisotopic (exact) mass is 580 g/mol. The van der Waals surface area contributed by atoms with Crippen molar-refractivity contribution in [1.82, 2.24) is 0 Å². The van der Waals surface area contributed by atoms with E-state index >= 15 is 0 Å². The number of hydrogen-bond donors (Lipinski definition) is 1. The van der Waals surface area contributed by atoms with Crippen molar-refractivity contribution in [3.8, 4) is 0 Å². The second-order valence-corrected chi connectivity index (χ2v) is 19.3. The topological polar surface area (TPSA) is 63.6 Å². The van der Waals surface area contributed by atoms with Crippen LogP contribution < -0.4 is 0 Å². The van der Waals surface area contributed by atoms with Crippen molar-refractivity contribution < 1.29 is 16.9 Å². The molecule has 0 aliphatic rings. The summed E-state index contributed by atoms with van der Waals surface area (Å²) < 4.78 is 41.0. The molecule has 0 heterocycles. The Morgan fingerprint density at radius 2 is 0.632 bits per heavy atom. The van der Waals surface area contributed by atoms with Crippen LogP contribution in [0.15, 0.2) is 0 Å². The Hall–Kier alpha value is 0.300. The Labute approximate surface area is 240 Å². The summed E-state index contributed by atoms with van der Waals surface area (Å²) in [7, 11) is -4.48. The summed E-state index contributed by atoms with van der Waals surface area (Å²) in [6.07, 6.45) is 32.7. The molecule has 232 valence electrons. The summed E-state index contributed by atoms with van der Waals surface area (Å²) in [4.78, 5) is 0. The van der Waals surface area contributed by atoms with Crippen molar-refractivity contribution in [3.05, 3.63) is 0 Å². The van der Waals surface area contributed by atoms with Gasteiger partial charge in [0.2, 0.25) is 0 Å². The molecule has 0 aliphatic carbocycles. The Morgan fingerprint density at radius 1 is 0.421 bits per heavy atom. The molecule has 1 N–H and O–H groups in total. The second-order valence-electron chi connectivity index (χ2n) is 12.3. The van der Waals surface area contributed by atoms with E-state index in [0.717, 1.165) is 76.0 Å². The quantitative estimate of drug-likeness (QED) is 0.0521. The fourth-order valence-electron chi connectivity index (χ4n) is 6.25. The number of hydrogen-bond acceptors (Lipinski definition) is 3. The van der Waals surface area contributed by atoms with Gasteiger partial charge in [0.1, 0.15) is 0 Å². The fourth-order valence-corrected chi connectivity index (χ4v) is 15.0. The first-order chi connectivity index (χ1) is 18.3. The third-order valence-electron chi connectivity index (χ3n) is 8.61. The third-order valence-corrected chi connectivity index (χ3v) is 16.8. The number of unbranched alkanes of at least 4 members (excludes halogenated alkanes) is 20. The molecule has 38 heavy (non-hydrogen) atoms. The first-order valence-corrected chi connectivity index (χ1v) is 21.2. The fraction of sp³-hybridized carbons (Fsp3) is 1.00. The zero-order chi connectivity index (χ0) is 28.5. The summed E-state index contributed by atoms with van der Waals surface area (Å²) in [6, 6.07) is 0. The maximum absolute atomic E-state index is 12.4. The van der Waals surface area contributed by atoms with E-state index in [2.05, 4.69) is 27.7 Å². The van der Waals surface area contributed by atoms with Gasteiger partial charge in [0.05, 0.1) is 0 Å². The summed E-state index contributed by atoms with van der Waals surface area (Å²) in [5, 5.41) is 0. The molecule has 0 bridgehead atoms. The van der Waals surface area contributed by atoms with E-state index in [9.17, 15) is 13.0 Å². The van der Waals surface area contributed by atoms with E-state index in [1.165, 1.54) is 103 Å². The summed E-state index contributed by atoms with van der Waals surface area (Å²) >= 11 is 0. The zero-order valence-corrected chi connectivity index (χ0v) is 28.0. The van der Waals surface area contributed by atoms with Crippen LogP contribution in [0.3, 0.4) is 0 Å². The van der Waals surface area contributed by atoms with E-state index < -0.39 is 17.2 Å². The molecule has 0 aromatic carbocycles. The molecular formula is C32H69O4PS. The minimum absolute atomic E-state index is 0.877. The van der Waals surface area contributed by atoms with Crippen LogP contribution in [0.4, 0.5) is 0 Å². The normalized spacial score (nSPS) is 13.6. The summed E-state index contributed by atoms with van der Waals surface area (Å²) in [5.41, 5.74) is 0. The van der Waals surface area contributed by atoms with Crippen LogP contribution in [-0.2, 0) is 14.4 Å². The first kappa shape index (κ1) is 38.3. The van der Waals surface area contributed by atoms with Gasteiger partial charge in [-0.15, -0.1) is 0 Å². The molecule has 0 atom stereocenters. The standard InChI is InChI=1S/C32H69O4PS/c1-5-9-13-17-18-19-20-21-22-23-24-28-32-37(36-38(33,34)35,29-25-14-10-6-2,30-26-15-11-7-3)31-27-16-12-8-4/h5-32H2,1-4H3,(H,33,34,35). The molecule has 0 saturated heterocycles. The van der Waals surface area contributed by atoms with Crippen LogP contribution in [0.2, 0.25) is 0 Å². The van der Waals surface area contributed by atoms with E-state index in [-0.39, 0.29) is 0 Å². The van der Waals surface area contributed by atoms with Gasteiger partial charge in [-0.05, 0) is 0 Å². The SMILES string of the molecule is CCCCCCCCCCCCCCP(CCCCCC)(CCCCCC)(CCCCCC)OS(=O)(=O)O. The minimum atomic E-state index is -4.48. The van der Waals surface area contributed by atoms with Gasteiger partial charge in [-0.25, -0.2) is 0 Å². The van der Waals surface area contributed by atoms with Gasteiger partial charge >= 0.3 is 227 Å². The number of rotatable bonds is 30. The average molecular weight is 581 g/mol. The zero-order valence-electron chi connectivity index (χ0n) is 26.3. The average Bonchev–Trinajstić information content (AvgIpc) is 2.87. The van der Waals surface area contributed by atoms with E-state index in [1.807, 2.05) is 0 Å². The van der Waals surface area contributed by atoms with Gasteiger partial charge in [0.25, 0.3) is 0 Å². The van der Waals surface area contributed by atoms with Gasteiger partial charge in [-0.2, -0.15) is 0 Å². The second kappa shape index (κ2) is 24.0. The molecule has 0 aromatic heterocycles. The van der Waals surface area contributed by atoms with Crippen molar-refractivity contribution in [2.75, 3.05) is 24.6 Å². The molecule has 0 saturated carbocycles. The molecule has 0 radical (unpaired) electrons. The summed E-state index contributed by atoms with van der Waals surface area (Å²) in [6.45, 7) is 5.86. The first-order valence-electron chi connectivity index (χ1n) is 17.0. The van der Waals surface area contributed by atoms with E-state index in [1.54, 1.807) is 0 Å². The molecule has 0 rings (SSSR count). The molecule has 4 nitrogen and oxygen atoms in total. The van der Waals surface area contributed by atoms with Crippen LogP contribution in [0.5, 0.6) is 0 Å². The van der Waals surface area contributed by atoms with Crippen LogP contribution in [-0.4, -0.2) is 37.6 Å². The van der Waals surface area contributed by atoms with Gasteiger partial charge in [-0.1, -0.05) is 13.3 Å². The van der Waals surface area contributed by atoms with Gasteiger partial charge < -0.3 is 0 Å². The molecule has 0 spiro atoms. The Morgan fingerprint density at radius 3 is 0.868 bits per heavy atom. The van der Waals surface area contributed by atoms with Crippen molar-refractivity contribution in [3.63, 3.8) is 0 Å². The van der Waals surface area contributed by atoms with Crippen LogP contribution in [0, 0.1) is 0 Å². The molecular weight excluding hydrogens is 511 g/mol. The van der Waals surface area contributed by atoms with Crippen molar-refractivity contribution in [2.24, 2.45) is 0 Å². The predicted molar refractivity (Wildman–Crippen MR) is 173 cm³/mol. The van der Waals surface area contributed by atoms with Gasteiger partial charge in [0, 0.05) is 0 Å². The van der Waals surface area contributed by atoms with Crippen molar-refractivity contribution in [1.29, 1.82) is 0 Å². The predicted octanol–water partition coefficient (Wildman–Crippen LogP) is 11.7. The Balaban J connectivity index is 5.27. The van der Waals surface area contributed by atoms with E-state index in [4.69, 9.17) is 3.97 Å². The van der Waals surface area contributed by atoms with Crippen LogP contribution >= 0.6 is 6.83 Å². The molecule has 0 aromatic rings. The maximum atomic E-state index is 12.4. The van der Waals surface area contributed by atoms with Crippen LogP contribution in [0.25, 0.3) is 0 Å². The van der Waals surface area contributed by atoms with Crippen molar-refractivity contribution >= 4 is 17.2 Å². The van der Waals surface area contributed by atoms with Crippen molar-refractivity contribution in [2.45, 2.75) is 182 Å². The van der Waals surface area contributed by atoms with Gasteiger partial charge in [0.15, 0.2) is 0 Å². The van der Waals surface area contributed by atoms with E-state index in [0.29, 0.717) is 0 Å². The molecule has 0 unspecified atom stereocenters. The Kier molecular flexibility index (Phi) is 24.1. The molecule has 0 amide bonds. The van der Waals surface area contributed by atoms with Gasteiger partial charge in [-0.3, -0.25) is 0 Å². The van der Waals surface area contributed by atoms with Crippen LogP contribution in [0.1, 0.15) is 182 Å².